The molecule has 3 aromatic carbocycles. The SMILES string of the molecule is COc1cc(OC)c2cc3c(OC)cccc3cc2c1. The Labute approximate surface area is 117 Å². The highest BCUT2D eigenvalue weighted by Gasteiger charge is 2.09. The third-order valence-corrected chi connectivity index (χ3v) is 3.52. The van der Waals surface area contributed by atoms with E-state index in [1.807, 2.05) is 24.3 Å². The minimum atomic E-state index is 0.789. The Morgan fingerprint density at radius 1 is 0.650 bits per heavy atom. The second-order valence-corrected chi connectivity index (χ2v) is 4.58. The van der Waals surface area contributed by atoms with Crippen LogP contribution in [0.2, 0.25) is 0 Å². The fourth-order valence-corrected chi connectivity index (χ4v) is 2.51. The van der Waals surface area contributed by atoms with Gasteiger partial charge in [0, 0.05) is 16.8 Å². The predicted molar refractivity (Wildman–Crippen MR) is 81.1 cm³/mol. The number of benzene rings is 3. The van der Waals surface area contributed by atoms with Crippen molar-refractivity contribution in [1.82, 2.24) is 0 Å². The van der Waals surface area contributed by atoms with E-state index in [9.17, 15) is 0 Å². The van der Waals surface area contributed by atoms with Gasteiger partial charge >= 0.3 is 0 Å². The monoisotopic (exact) mass is 268 g/mol. The fourth-order valence-electron chi connectivity index (χ4n) is 2.51. The summed E-state index contributed by atoms with van der Waals surface area (Å²) in [7, 11) is 5.01. The maximum Gasteiger partial charge on any atom is 0.130 e. The Bertz CT molecular complexity index is 778. The summed E-state index contributed by atoms with van der Waals surface area (Å²) in [5.41, 5.74) is 0. The standard InChI is InChI=1S/C17H16O3/c1-18-13-8-12-7-11-5-4-6-16(19-2)14(11)10-15(12)17(9-13)20-3/h4-10H,1-3H3. The number of fused-ring (bicyclic) bond motifs is 2. The molecule has 0 fully saturated rings. The van der Waals surface area contributed by atoms with Crippen LogP contribution in [-0.2, 0) is 0 Å². The average molecular weight is 268 g/mol. The Balaban J connectivity index is 2.41. The van der Waals surface area contributed by atoms with Gasteiger partial charge in [0.15, 0.2) is 0 Å². The molecule has 0 atom stereocenters. The maximum atomic E-state index is 5.47. The molecule has 3 aromatic rings. The van der Waals surface area contributed by atoms with Gasteiger partial charge in [0.2, 0.25) is 0 Å². The maximum absolute atomic E-state index is 5.47. The van der Waals surface area contributed by atoms with Gasteiger partial charge in [-0.1, -0.05) is 12.1 Å². The number of hydrogen-bond donors (Lipinski definition) is 0. The molecule has 0 bridgehead atoms. The van der Waals surface area contributed by atoms with E-state index in [1.54, 1.807) is 21.3 Å². The van der Waals surface area contributed by atoms with Gasteiger partial charge in [0.25, 0.3) is 0 Å². The zero-order valence-electron chi connectivity index (χ0n) is 11.8. The van der Waals surface area contributed by atoms with Crippen molar-refractivity contribution < 1.29 is 14.2 Å². The van der Waals surface area contributed by atoms with Crippen molar-refractivity contribution in [1.29, 1.82) is 0 Å². The van der Waals surface area contributed by atoms with Crippen molar-refractivity contribution in [2.45, 2.75) is 0 Å². The first-order valence-corrected chi connectivity index (χ1v) is 6.39. The Kier molecular flexibility index (Phi) is 3.11. The lowest BCUT2D eigenvalue weighted by atomic mass is 10.0. The van der Waals surface area contributed by atoms with Crippen molar-refractivity contribution in [2.24, 2.45) is 0 Å². The van der Waals surface area contributed by atoms with E-state index in [-0.39, 0.29) is 0 Å². The van der Waals surface area contributed by atoms with E-state index < -0.39 is 0 Å². The minimum Gasteiger partial charge on any atom is -0.497 e. The van der Waals surface area contributed by atoms with Crippen LogP contribution in [0.5, 0.6) is 17.2 Å². The van der Waals surface area contributed by atoms with Gasteiger partial charge < -0.3 is 14.2 Å². The summed E-state index contributed by atoms with van der Waals surface area (Å²) >= 11 is 0. The van der Waals surface area contributed by atoms with E-state index in [1.165, 1.54) is 0 Å². The quantitative estimate of drug-likeness (QED) is 0.671. The lowest BCUT2D eigenvalue weighted by molar-refractivity contribution is 0.398. The van der Waals surface area contributed by atoms with Gasteiger partial charge in [-0.15, -0.1) is 0 Å². The molecule has 0 radical (unpaired) electrons. The van der Waals surface area contributed by atoms with E-state index in [2.05, 4.69) is 18.2 Å². The second-order valence-electron chi connectivity index (χ2n) is 4.58. The number of rotatable bonds is 3. The van der Waals surface area contributed by atoms with Crippen molar-refractivity contribution in [3.8, 4) is 17.2 Å². The van der Waals surface area contributed by atoms with Crippen LogP contribution in [0.4, 0.5) is 0 Å². The van der Waals surface area contributed by atoms with Gasteiger partial charge in [-0.3, -0.25) is 0 Å². The third kappa shape index (κ3) is 1.92. The molecule has 0 aliphatic rings. The van der Waals surface area contributed by atoms with Crippen LogP contribution in [0.3, 0.4) is 0 Å². The fraction of sp³-hybridized carbons (Fsp3) is 0.176. The molecule has 0 unspecified atom stereocenters. The molecule has 0 heterocycles. The molecular formula is C17H16O3. The molecule has 0 saturated carbocycles. The second kappa shape index (κ2) is 4.93. The van der Waals surface area contributed by atoms with Crippen LogP contribution >= 0.6 is 0 Å². The molecule has 0 aliphatic carbocycles. The third-order valence-electron chi connectivity index (χ3n) is 3.52. The van der Waals surface area contributed by atoms with E-state index in [0.29, 0.717) is 0 Å². The van der Waals surface area contributed by atoms with Crippen LogP contribution < -0.4 is 14.2 Å². The van der Waals surface area contributed by atoms with Gasteiger partial charge in [0.05, 0.1) is 21.3 Å². The molecule has 0 spiro atoms. The summed E-state index contributed by atoms with van der Waals surface area (Å²) < 4.78 is 16.2. The van der Waals surface area contributed by atoms with Gasteiger partial charge in [-0.2, -0.15) is 0 Å². The molecule has 0 aromatic heterocycles. The van der Waals surface area contributed by atoms with Crippen LogP contribution in [-0.4, -0.2) is 21.3 Å². The minimum absolute atomic E-state index is 0.789. The largest absolute Gasteiger partial charge is 0.497 e. The van der Waals surface area contributed by atoms with Crippen LogP contribution in [0, 0.1) is 0 Å². The first-order valence-electron chi connectivity index (χ1n) is 6.39. The summed E-state index contributed by atoms with van der Waals surface area (Å²) in [6, 6.07) is 14.2. The highest BCUT2D eigenvalue weighted by Crippen LogP contribution is 2.36. The molecule has 3 nitrogen and oxygen atoms in total. The molecule has 102 valence electrons. The first kappa shape index (κ1) is 12.6. The number of methoxy groups -OCH3 is 3. The highest BCUT2D eigenvalue weighted by molar-refractivity contribution is 6.03. The van der Waals surface area contributed by atoms with Gasteiger partial charge in [0.1, 0.15) is 17.2 Å². The van der Waals surface area contributed by atoms with Crippen molar-refractivity contribution in [2.75, 3.05) is 21.3 Å². The molecule has 0 N–H and O–H groups in total. The lowest BCUT2D eigenvalue weighted by Crippen LogP contribution is -1.90. The molecule has 3 heteroatoms. The summed E-state index contributed by atoms with van der Waals surface area (Å²) in [5, 5.41) is 4.34. The Morgan fingerprint density at radius 2 is 1.40 bits per heavy atom. The number of hydrogen-bond acceptors (Lipinski definition) is 3. The predicted octanol–water partition coefficient (Wildman–Crippen LogP) is 4.02. The zero-order valence-corrected chi connectivity index (χ0v) is 11.8. The summed E-state index contributed by atoms with van der Waals surface area (Å²) in [6.07, 6.45) is 0. The number of ether oxygens (including phenoxy) is 3. The molecular weight excluding hydrogens is 252 g/mol. The topological polar surface area (TPSA) is 27.7 Å². The van der Waals surface area contributed by atoms with Crippen molar-refractivity contribution >= 4 is 21.5 Å². The molecule has 0 saturated heterocycles. The molecule has 0 amide bonds. The van der Waals surface area contributed by atoms with Gasteiger partial charge in [-0.25, -0.2) is 0 Å². The van der Waals surface area contributed by atoms with Crippen LogP contribution in [0.1, 0.15) is 0 Å². The van der Waals surface area contributed by atoms with Crippen LogP contribution in [0.15, 0.2) is 42.5 Å². The lowest BCUT2D eigenvalue weighted by Gasteiger charge is -2.11. The van der Waals surface area contributed by atoms with Crippen LogP contribution in [0.25, 0.3) is 21.5 Å². The highest BCUT2D eigenvalue weighted by atomic mass is 16.5. The summed E-state index contributed by atoms with van der Waals surface area (Å²) in [5.74, 6) is 2.45. The van der Waals surface area contributed by atoms with Crippen molar-refractivity contribution in [3.63, 3.8) is 0 Å². The van der Waals surface area contributed by atoms with E-state index >= 15 is 0 Å². The zero-order chi connectivity index (χ0) is 14.1. The first-order chi connectivity index (χ1) is 9.76. The normalized spacial score (nSPS) is 10.8. The summed E-state index contributed by atoms with van der Waals surface area (Å²) in [4.78, 5) is 0. The van der Waals surface area contributed by atoms with Crippen molar-refractivity contribution in [3.05, 3.63) is 42.5 Å². The smallest absolute Gasteiger partial charge is 0.130 e. The van der Waals surface area contributed by atoms with Gasteiger partial charge in [-0.05, 0) is 35.0 Å². The van der Waals surface area contributed by atoms with E-state index in [0.717, 1.165) is 38.8 Å². The Morgan fingerprint density at radius 3 is 2.10 bits per heavy atom. The Hall–Kier alpha value is -2.42. The van der Waals surface area contributed by atoms with E-state index in [4.69, 9.17) is 14.2 Å². The average Bonchev–Trinajstić information content (AvgIpc) is 2.51. The molecule has 0 aliphatic heterocycles. The summed E-state index contributed by atoms with van der Waals surface area (Å²) in [6.45, 7) is 0. The molecule has 20 heavy (non-hydrogen) atoms. The molecule has 3 rings (SSSR count).